The van der Waals surface area contributed by atoms with E-state index in [0.29, 0.717) is 36.0 Å². The smallest absolute Gasteiger partial charge is 0.335 e. The average Bonchev–Trinajstić information content (AvgIpc) is 2.83. The zero-order valence-electron chi connectivity index (χ0n) is 18.0. The van der Waals surface area contributed by atoms with Gasteiger partial charge in [-0.15, -0.1) is 0 Å². The third kappa shape index (κ3) is 5.10. The Balaban J connectivity index is 1.50. The van der Waals surface area contributed by atoms with Crippen LogP contribution in [0.25, 0.3) is 6.08 Å². The van der Waals surface area contributed by atoms with Crippen LogP contribution in [0.2, 0.25) is 0 Å². The molecule has 0 atom stereocenters. The van der Waals surface area contributed by atoms with Crippen molar-refractivity contribution in [2.45, 2.75) is 13.5 Å². The maximum absolute atomic E-state index is 13.0. The summed E-state index contributed by atoms with van der Waals surface area (Å²) in [5.41, 5.74) is 1.87. The summed E-state index contributed by atoms with van der Waals surface area (Å²) < 4.78 is 11.2. The largest absolute Gasteiger partial charge is 0.494 e. The Morgan fingerprint density at radius 2 is 1.45 bits per heavy atom. The van der Waals surface area contributed by atoms with E-state index >= 15 is 0 Å². The number of nitrogens with one attached hydrogen (secondary N) is 1. The zero-order valence-corrected chi connectivity index (χ0v) is 18.0. The van der Waals surface area contributed by atoms with Crippen LogP contribution in [0.1, 0.15) is 18.1 Å². The van der Waals surface area contributed by atoms with Gasteiger partial charge in [-0.3, -0.25) is 14.9 Å². The van der Waals surface area contributed by atoms with Crippen molar-refractivity contribution in [3.05, 3.63) is 95.6 Å². The molecule has 0 spiro atoms. The van der Waals surface area contributed by atoms with E-state index in [1.807, 2.05) is 37.3 Å². The Hall–Kier alpha value is -4.39. The second kappa shape index (κ2) is 9.82. The molecule has 0 aromatic heterocycles. The van der Waals surface area contributed by atoms with Gasteiger partial charge in [-0.1, -0.05) is 42.5 Å². The molecule has 7 heteroatoms. The first-order valence-electron chi connectivity index (χ1n) is 10.5. The van der Waals surface area contributed by atoms with Crippen LogP contribution in [0.5, 0.6) is 11.5 Å². The molecule has 4 amide bonds. The van der Waals surface area contributed by atoms with E-state index < -0.39 is 17.8 Å². The number of rotatable bonds is 7. The van der Waals surface area contributed by atoms with Gasteiger partial charge in [-0.05, 0) is 60.5 Å². The van der Waals surface area contributed by atoms with Crippen LogP contribution < -0.4 is 19.7 Å². The molecule has 1 aliphatic rings. The number of carbonyl (C=O) groups excluding carboxylic acids is 3. The number of anilines is 1. The van der Waals surface area contributed by atoms with Crippen LogP contribution in [0.4, 0.5) is 10.5 Å². The zero-order chi connectivity index (χ0) is 23.2. The molecule has 1 N–H and O–H groups in total. The summed E-state index contributed by atoms with van der Waals surface area (Å²) in [7, 11) is 0. The quantitative estimate of drug-likeness (QED) is 0.435. The molecule has 0 bridgehead atoms. The van der Waals surface area contributed by atoms with Gasteiger partial charge in [-0.25, -0.2) is 9.69 Å². The van der Waals surface area contributed by atoms with E-state index in [2.05, 4.69) is 5.32 Å². The van der Waals surface area contributed by atoms with Gasteiger partial charge < -0.3 is 9.47 Å². The van der Waals surface area contributed by atoms with Crippen LogP contribution in [0.3, 0.4) is 0 Å². The summed E-state index contributed by atoms with van der Waals surface area (Å²) in [6.45, 7) is 2.79. The summed E-state index contributed by atoms with van der Waals surface area (Å²) in [6.07, 6.45) is 1.45. The van der Waals surface area contributed by atoms with E-state index in [9.17, 15) is 14.4 Å². The number of nitrogens with zero attached hydrogens (tertiary/aromatic N) is 1. The van der Waals surface area contributed by atoms with Crippen molar-refractivity contribution in [2.75, 3.05) is 11.5 Å². The maximum Gasteiger partial charge on any atom is 0.335 e. The molecule has 0 radical (unpaired) electrons. The number of ether oxygens (including phenoxy) is 2. The molecule has 1 fully saturated rings. The Bertz CT molecular complexity index is 1190. The van der Waals surface area contributed by atoms with Crippen molar-refractivity contribution < 1.29 is 23.9 Å². The molecule has 0 aliphatic carbocycles. The minimum absolute atomic E-state index is 0.138. The maximum atomic E-state index is 13.0. The average molecular weight is 442 g/mol. The second-order valence-corrected chi connectivity index (χ2v) is 7.23. The van der Waals surface area contributed by atoms with Gasteiger partial charge in [0.1, 0.15) is 23.7 Å². The SMILES string of the molecule is CCOc1ccc(N2C(=O)NC(=O)/C(=C\c3ccc(OCc4ccccc4)cc3)C2=O)cc1. The fourth-order valence-corrected chi connectivity index (χ4v) is 3.32. The molecular weight excluding hydrogens is 420 g/mol. The Kier molecular flexibility index (Phi) is 6.50. The van der Waals surface area contributed by atoms with Gasteiger partial charge in [0, 0.05) is 0 Å². The van der Waals surface area contributed by atoms with Crippen molar-refractivity contribution >= 4 is 29.6 Å². The van der Waals surface area contributed by atoms with Gasteiger partial charge in [0.05, 0.1) is 12.3 Å². The fourth-order valence-electron chi connectivity index (χ4n) is 3.32. The molecule has 3 aromatic carbocycles. The molecular formula is C26H22N2O5. The summed E-state index contributed by atoms with van der Waals surface area (Å²) >= 11 is 0. The lowest BCUT2D eigenvalue weighted by atomic mass is 10.1. The lowest BCUT2D eigenvalue weighted by molar-refractivity contribution is -0.122. The Morgan fingerprint density at radius 3 is 2.12 bits per heavy atom. The van der Waals surface area contributed by atoms with E-state index in [4.69, 9.17) is 9.47 Å². The topological polar surface area (TPSA) is 84.9 Å². The first-order valence-corrected chi connectivity index (χ1v) is 10.5. The highest BCUT2D eigenvalue weighted by atomic mass is 16.5. The lowest BCUT2D eigenvalue weighted by Gasteiger charge is -2.26. The molecule has 0 saturated carbocycles. The van der Waals surface area contributed by atoms with Crippen molar-refractivity contribution in [3.8, 4) is 11.5 Å². The van der Waals surface area contributed by atoms with Crippen molar-refractivity contribution in [3.63, 3.8) is 0 Å². The molecule has 0 unspecified atom stereocenters. The van der Waals surface area contributed by atoms with Crippen LogP contribution in [0.15, 0.2) is 84.4 Å². The minimum Gasteiger partial charge on any atom is -0.494 e. The standard InChI is InChI=1S/C26H22N2O5/c1-2-32-21-14-10-20(11-15-21)28-25(30)23(24(29)27-26(28)31)16-18-8-12-22(13-9-18)33-17-19-6-4-3-5-7-19/h3-16H,2,17H2,1H3,(H,27,29,31)/b23-16+. The van der Waals surface area contributed by atoms with Crippen molar-refractivity contribution in [1.82, 2.24) is 5.32 Å². The molecule has 3 aromatic rings. The summed E-state index contributed by atoms with van der Waals surface area (Å²) in [5, 5.41) is 2.22. The van der Waals surface area contributed by atoms with Gasteiger partial charge in [0.25, 0.3) is 11.8 Å². The van der Waals surface area contributed by atoms with Crippen molar-refractivity contribution in [2.24, 2.45) is 0 Å². The molecule has 1 aliphatic heterocycles. The monoisotopic (exact) mass is 442 g/mol. The second-order valence-electron chi connectivity index (χ2n) is 7.23. The molecule has 1 heterocycles. The van der Waals surface area contributed by atoms with Gasteiger partial charge in [-0.2, -0.15) is 0 Å². The number of amides is 4. The number of hydrogen-bond acceptors (Lipinski definition) is 5. The third-order valence-electron chi connectivity index (χ3n) is 4.95. The highest BCUT2D eigenvalue weighted by Gasteiger charge is 2.36. The molecule has 166 valence electrons. The van der Waals surface area contributed by atoms with Gasteiger partial charge in [0.15, 0.2) is 0 Å². The van der Waals surface area contributed by atoms with Gasteiger partial charge in [0.2, 0.25) is 0 Å². The molecule has 7 nitrogen and oxygen atoms in total. The Morgan fingerprint density at radius 1 is 0.818 bits per heavy atom. The molecule has 1 saturated heterocycles. The number of urea groups is 1. The number of imide groups is 2. The van der Waals surface area contributed by atoms with Crippen LogP contribution in [0, 0.1) is 0 Å². The number of barbiturate groups is 1. The lowest BCUT2D eigenvalue weighted by Crippen LogP contribution is -2.54. The van der Waals surface area contributed by atoms with E-state index in [-0.39, 0.29) is 5.57 Å². The first-order chi connectivity index (χ1) is 16.0. The van der Waals surface area contributed by atoms with Crippen LogP contribution in [-0.4, -0.2) is 24.5 Å². The number of benzene rings is 3. The summed E-state index contributed by atoms with van der Waals surface area (Å²) in [6, 6.07) is 22.5. The highest BCUT2D eigenvalue weighted by molar-refractivity contribution is 6.39. The normalized spacial score (nSPS) is 14.9. The number of hydrogen-bond donors (Lipinski definition) is 1. The first kappa shape index (κ1) is 21.8. The van der Waals surface area contributed by atoms with Crippen LogP contribution in [-0.2, 0) is 16.2 Å². The van der Waals surface area contributed by atoms with Crippen LogP contribution >= 0.6 is 0 Å². The highest BCUT2D eigenvalue weighted by Crippen LogP contribution is 2.25. The Labute approximate surface area is 191 Å². The summed E-state index contributed by atoms with van der Waals surface area (Å²) in [4.78, 5) is 38.7. The minimum atomic E-state index is -0.795. The van der Waals surface area contributed by atoms with E-state index in [1.165, 1.54) is 6.08 Å². The molecule has 33 heavy (non-hydrogen) atoms. The fraction of sp³-hybridized carbons (Fsp3) is 0.115. The summed E-state index contributed by atoms with van der Waals surface area (Å²) in [5.74, 6) is -0.159. The molecule has 4 rings (SSSR count). The van der Waals surface area contributed by atoms with Crippen molar-refractivity contribution in [1.29, 1.82) is 0 Å². The van der Waals surface area contributed by atoms with Gasteiger partial charge >= 0.3 is 6.03 Å². The predicted octanol–water partition coefficient (Wildman–Crippen LogP) is 4.33. The van der Waals surface area contributed by atoms with E-state index in [0.717, 1.165) is 10.5 Å². The predicted molar refractivity (Wildman–Crippen MR) is 124 cm³/mol. The number of carbonyl (C=O) groups is 3. The third-order valence-corrected chi connectivity index (χ3v) is 4.95. The van der Waals surface area contributed by atoms with E-state index in [1.54, 1.807) is 48.5 Å².